The van der Waals surface area contributed by atoms with Gasteiger partial charge in [0.05, 0.1) is 0 Å². The fourth-order valence-electron chi connectivity index (χ4n) is 0.588. The van der Waals surface area contributed by atoms with Crippen molar-refractivity contribution >= 4 is 4.38 Å². The summed E-state index contributed by atoms with van der Waals surface area (Å²) in [6.07, 6.45) is 6.53. The van der Waals surface area contributed by atoms with Crippen LogP contribution in [-0.2, 0) is 23.1 Å². The molecule has 0 radical (unpaired) electrons. The molecule has 0 N–H and O–H groups in total. The van der Waals surface area contributed by atoms with Gasteiger partial charge in [-0.2, -0.15) is 0 Å². The van der Waals surface area contributed by atoms with Gasteiger partial charge in [0.25, 0.3) is 0 Å². The van der Waals surface area contributed by atoms with E-state index in [4.69, 9.17) is 0 Å². The van der Waals surface area contributed by atoms with E-state index in [1.807, 2.05) is 18.2 Å². The number of carbonyl (C=O) groups is 1. The van der Waals surface area contributed by atoms with Crippen LogP contribution in [0, 0.1) is 0 Å². The van der Waals surface area contributed by atoms with Crippen LogP contribution in [0.3, 0.4) is 0 Å². The van der Waals surface area contributed by atoms with Gasteiger partial charge in [0.1, 0.15) is 0 Å². The minimum atomic E-state index is 0. The van der Waals surface area contributed by atoms with E-state index in [1.165, 1.54) is 0 Å². The summed E-state index contributed by atoms with van der Waals surface area (Å²) < 4.78 is 0.120. The summed E-state index contributed by atoms with van der Waals surface area (Å²) in [5.74, 6) is 0. The zero-order chi connectivity index (χ0) is 5.98. The summed E-state index contributed by atoms with van der Waals surface area (Å²) in [5, 5.41) is 0. The van der Waals surface area contributed by atoms with Crippen molar-refractivity contribution in [3.05, 3.63) is 23.8 Å². The van der Waals surface area contributed by atoms with Crippen molar-refractivity contribution in [2.75, 3.05) is 0 Å². The molecule has 0 amide bonds. The van der Waals surface area contributed by atoms with Crippen LogP contribution < -0.4 is 0 Å². The predicted molar refractivity (Wildman–Crippen MR) is 29.1 cm³/mol. The first-order chi connectivity index (χ1) is 3.80. The van der Waals surface area contributed by atoms with E-state index in [-0.39, 0.29) is 7.23 Å². The average molecular weight is 196 g/mol. The van der Waals surface area contributed by atoms with Gasteiger partial charge in [0.2, 0.25) is 0 Å². The summed E-state index contributed by atoms with van der Waals surface area (Å²) in [6.45, 7) is 0. The second kappa shape index (κ2) is 2.36. The van der Waals surface area contributed by atoms with Gasteiger partial charge in [-0.25, -0.2) is 0 Å². The van der Waals surface area contributed by atoms with E-state index in [0.717, 1.165) is 12.0 Å². The second-order valence-corrected chi connectivity index (χ2v) is 2.38. The molecule has 0 aliphatic heterocycles. The quantitative estimate of drug-likeness (QED) is 0.575. The van der Waals surface area contributed by atoms with E-state index in [2.05, 4.69) is 18.3 Å². The first-order valence-corrected chi connectivity index (χ1v) is 3.22. The summed E-state index contributed by atoms with van der Waals surface area (Å²) in [5.41, 5.74) is 0.890. The van der Waals surface area contributed by atoms with Crippen LogP contribution in [0.4, 0.5) is 0 Å². The Hall–Kier alpha value is -0.227. The van der Waals surface area contributed by atoms with Crippen LogP contribution in [-0.4, -0.2) is 4.38 Å². The smallest absolute Gasteiger partial charge is 1.00 e. The van der Waals surface area contributed by atoms with Crippen molar-refractivity contribution in [3.8, 4) is 0 Å². The van der Waals surface area contributed by atoms with E-state index < -0.39 is 0 Å². The van der Waals surface area contributed by atoms with E-state index >= 15 is 0 Å². The molecule has 0 bridgehead atoms. The molecular formula is C6H7ORu. The van der Waals surface area contributed by atoms with E-state index in [9.17, 15) is 4.79 Å². The SMILES string of the molecule is O=[C]([Ru+2])C1=CC=CC1.[H-].[H-]. The third-order valence-electron chi connectivity index (χ3n) is 1.02. The molecule has 1 aliphatic rings. The van der Waals surface area contributed by atoms with Crippen molar-refractivity contribution in [1.82, 2.24) is 0 Å². The molecule has 0 aromatic heterocycles. The molecule has 0 aromatic carbocycles. The van der Waals surface area contributed by atoms with Gasteiger partial charge < -0.3 is 2.85 Å². The van der Waals surface area contributed by atoms with Crippen LogP contribution in [0.5, 0.6) is 0 Å². The van der Waals surface area contributed by atoms with Crippen LogP contribution >= 0.6 is 0 Å². The second-order valence-electron chi connectivity index (χ2n) is 1.59. The molecular weight excluding hydrogens is 189 g/mol. The van der Waals surface area contributed by atoms with Gasteiger partial charge in [-0.1, -0.05) is 0 Å². The van der Waals surface area contributed by atoms with Gasteiger partial charge in [0, 0.05) is 0 Å². The number of carbonyl (C=O) groups excluding carboxylic acids is 1. The Morgan fingerprint density at radius 2 is 2.62 bits per heavy atom. The van der Waals surface area contributed by atoms with Gasteiger partial charge >= 0.3 is 57.7 Å². The molecule has 2 heteroatoms. The maximum atomic E-state index is 10.5. The van der Waals surface area contributed by atoms with Gasteiger partial charge in [-0.15, -0.1) is 0 Å². The van der Waals surface area contributed by atoms with E-state index in [1.54, 1.807) is 0 Å². The van der Waals surface area contributed by atoms with Crippen molar-refractivity contribution in [2.24, 2.45) is 0 Å². The largest absolute Gasteiger partial charge is 1.00 e. The van der Waals surface area contributed by atoms with Crippen molar-refractivity contribution in [1.29, 1.82) is 0 Å². The van der Waals surface area contributed by atoms with Crippen LogP contribution in [0.25, 0.3) is 0 Å². The molecule has 0 saturated carbocycles. The molecule has 0 aromatic rings. The summed E-state index contributed by atoms with van der Waals surface area (Å²) in [6, 6.07) is 0. The van der Waals surface area contributed by atoms with Gasteiger partial charge in [-0.3, -0.25) is 0 Å². The minimum Gasteiger partial charge on any atom is -1.00 e. The van der Waals surface area contributed by atoms with Crippen molar-refractivity contribution in [3.63, 3.8) is 0 Å². The Balaban J connectivity index is 0. The molecule has 0 heterocycles. The molecule has 0 spiro atoms. The van der Waals surface area contributed by atoms with E-state index in [0.29, 0.717) is 0 Å². The number of hydrogen-bond acceptors (Lipinski definition) is 1. The van der Waals surface area contributed by atoms with Crippen LogP contribution in [0.1, 0.15) is 9.27 Å². The minimum absolute atomic E-state index is 0. The third-order valence-corrected chi connectivity index (χ3v) is 1.57. The summed E-state index contributed by atoms with van der Waals surface area (Å²) in [7, 11) is 0. The Morgan fingerprint density at radius 3 is 2.88 bits per heavy atom. The van der Waals surface area contributed by atoms with Crippen molar-refractivity contribution < 1.29 is 26.0 Å². The summed E-state index contributed by atoms with van der Waals surface area (Å²) >= 11 is 2.07. The first kappa shape index (κ1) is 5.90. The van der Waals surface area contributed by atoms with Crippen LogP contribution in [0.2, 0.25) is 0 Å². The zero-order valence-corrected chi connectivity index (χ0v) is 5.94. The monoisotopic (exact) mass is 197 g/mol. The normalized spacial score (nSPS) is 16.2. The van der Waals surface area contributed by atoms with Gasteiger partial charge in [0.15, 0.2) is 0 Å². The molecule has 0 unspecified atom stereocenters. The molecule has 1 aliphatic carbocycles. The fraction of sp³-hybridized carbons (Fsp3) is 0.167. The topological polar surface area (TPSA) is 17.1 Å². The molecule has 0 fully saturated rings. The number of allylic oxidation sites excluding steroid dienone is 4. The Morgan fingerprint density at radius 1 is 1.88 bits per heavy atom. The Bertz CT molecular complexity index is 175. The summed E-state index contributed by atoms with van der Waals surface area (Å²) in [4.78, 5) is 10.5. The molecule has 1 nitrogen and oxygen atoms in total. The fourth-order valence-corrected chi connectivity index (χ4v) is 0.911. The average Bonchev–Trinajstić information content (AvgIpc) is 2.12. The molecule has 45 valence electrons. The molecule has 8 heavy (non-hydrogen) atoms. The Labute approximate surface area is 61.1 Å². The molecule has 0 atom stereocenters. The van der Waals surface area contributed by atoms with Crippen LogP contribution in [0.15, 0.2) is 23.8 Å². The molecule has 0 saturated heterocycles. The van der Waals surface area contributed by atoms with Gasteiger partial charge in [-0.05, 0) is 0 Å². The zero-order valence-electron chi connectivity index (χ0n) is 6.20. The maximum absolute atomic E-state index is 10.5. The maximum Gasteiger partial charge on any atom is -1.00 e. The third kappa shape index (κ3) is 1.13. The number of rotatable bonds is 1. The number of hydrogen-bond donors (Lipinski definition) is 0. The Kier molecular flexibility index (Phi) is 1.74. The molecule has 1 rings (SSSR count). The first-order valence-electron chi connectivity index (χ1n) is 2.35. The van der Waals surface area contributed by atoms with Crippen molar-refractivity contribution in [2.45, 2.75) is 6.42 Å². The predicted octanol–water partition coefficient (Wildman–Crippen LogP) is 1.17. The standard InChI is InChI=1S/C6H5O.Ru.2H/c7-5-6-3-1-2-4-6;;;/h1-3H,4H2;;;/q;+2;2*-1.